The molecule has 1 rings (SSSR count). The van der Waals surface area contributed by atoms with Crippen LogP contribution in [-0.2, 0) is 0 Å². The molecule has 0 amide bonds. The summed E-state index contributed by atoms with van der Waals surface area (Å²) in [6.45, 7) is 9.30. The summed E-state index contributed by atoms with van der Waals surface area (Å²) in [5.41, 5.74) is 0. The predicted octanol–water partition coefficient (Wildman–Crippen LogP) is 4.71. The minimum absolute atomic E-state index is 0.408. The Morgan fingerprint density at radius 3 is 2.36 bits per heavy atom. The van der Waals surface area contributed by atoms with E-state index in [9.17, 15) is 0 Å². The maximum Gasteiger partial charge on any atom is 0.0364 e. The minimum atomic E-state index is 0.408. The molecule has 0 bridgehead atoms. The molecule has 1 aliphatic rings. The lowest BCUT2D eigenvalue weighted by Crippen LogP contribution is -2.33. The molecule has 4 unspecified atom stereocenters. The highest BCUT2D eigenvalue weighted by Crippen LogP contribution is 2.41. The van der Waals surface area contributed by atoms with Crippen LogP contribution in [0.5, 0.6) is 0 Å². The molecule has 0 radical (unpaired) electrons. The summed E-state index contributed by atoms with van der Waals surface area (Å²) in [6, 6.07) is 0. The fraction of sp³-hybridized carbons (Fsp3) is 1.00. The van der Waals surface area contributed by atoms with Gasteiger partial charge in [-0.2, -0.15) is 0 Å². The number of rotatable bonds is 3. The molecule has 0 heterocycles. The third-order valence-electron chi connectivity index (χ3n) is 3.93. The fourth-order valence-electron chi connectivity index (χ4n) is 2.99. The number of hydrogen-bond donors (Lipinski definition) is 0. The normalized spacial score (nSPS) is 36.0. The van der Waals surface area contributed by atoms with Gasteiger partial charge in [0, 0.05) is 5.38 Å². The Morgan fingerprint density at radius 2 is 1.86 bits per heavy atom. The molecule has 84 valence electrons. The van der Waals surface area contributed by atoms with Crippen LogP contribution in [0.15, 0.2) is 0 Å². The number of hydrogen-bond acceptors (Lipinski definition) is 0. The first-order valence-corrected chi connectivity index (χ1v) is 6.64. The second-order valence-corrected chi connectivity index (χ2v) is 5.97. The lowest BCUT2D eigenvalue weighted by atomic mass is 9.68. The van der Waals surface area contributed by atoms with Crippen LogP contribution in [0.2, 0.25) is 0 Å². The zero-order chi connectivity index (χ0) is 10.7. The molecule has 0 aromatic rings. The minimum Gasteiger partial charge on any atom is -0.123 e. The fourth-order valence-corrected chi connectivity index (χ4v) is 3.28. The van der Waals surface area contributed by atoms with Gasteiger partial charge in [0.2, 0.25) is 0 Å². The van der Waals surface area contributed by atoms with E-state index in [0.717, 1.165) is 30.1 Å². The summed E-state index contributed by atoms with van der Waals surface area (Å²) in [7, 11) is 0. The van der Waals surface area contributed by atoms with Crippen molar-refractivity contribution in [3.05, 3.63) is 0 Å². The molecule has 0 saturated heterocycles. The highest BCUT2D eigenvalue weighted by atomic mass is 35.5. The van der Waals surface area contributed by atoms with Crippen LogP contribution in [0.3, 0.4) is 0 Å². The van der Waals surface area contributed by atoms with Crippen LogP contribution >= 0.6 is 11.6 Å². The molecule has 1 aliphatic carbocycles. The van der Waals surface area contributed by atoms with E-state index in [2.05, 4.69) is 27.7 Å². The van der Waals surface area contributed by atoms with E-state index < -0.39 is 0 Å². The van der Waals surface area contributed by atoms with Gasteiger partial charge in [0.05, 0.1) is 0 Å². The predicted molar refractivity (Wildman–Crippen MR) is 64.8 cm³/mol. The van der Waals surface area contributed by atoms with Crippen LogP contribution in [0.1, 0.15) is 53.4 Å². The molecular formula is C13H25Cl. The van der Waals surface area contributed by atoms with Gasteiger partial charge in [-0.3, -0.25) is 0 Å². The van der Waals surface area contributed by atoms with Crippen LogP contribution in [0.25, 0.3) is 0 Å². The summed E-state index contributed by atoms with van der Waals surface area (Å²) in [4.78, 5) is 0. The highest BCUT2D eigenvalue weighted by Gasteiger charge is 2.34. The van der Waals surface area contributed by atoms with Crippen molar-refractivity contribution in [1.82, 2.24) is 0 Å². The Morgan fingerprint density at radius 1 is 1.21 bits per heavy atom. The van der Waals surface area contributed by atoms with Crippen LogP contribution < -0.4 is 0 Å². The smallest absolute Gasteiger partial charge is 0.0364 e. The molecule has 14 heavy (non-hydrogen) atoms. The van der Waals surface area contributed by atoms with Gasteiger partial charge in [0.1, 0.15) is 0 Å². The summed E-state index contributed by atoms with van der Waals surface area (Å²) in [5, 5.41) is 0.408. The first kappa shape index (κ1) is 12.4. The van der Waals surface area contributed by atoms with Crippen molar-refractivity contribution in [3.63, 3.8) is 0 Å². The van der Waals surface area contributed by atoms with Gasteiger partial charge in [-0.25, -0.2) is 0 Å². The monoisotopic (exact) mass is 216 g/mol. The lowest BCUT2D eigenvalue weighted by molar-refractivity contribution is 0.138. The molecule has 4 atom stereocenters. The Balaban J connectivity index is 2.63. The van der Waals surface area contributed by atoms with Crippen molar-refractivity contribution >= 4 is 11.6 Å². The van der Waals surface area contributed by atoms with Gasteiger partial charge in [0.25, 0.3) is 0 Å². The second-order valence-electron chi connectivity index (χ2n) is 5.41. The Bertz CT molecular complexity index is 165. The van der Waals surface area contributed by atoms with Gasteiger partial charge in [-0.1, -0.05) is 34.1 Å². The quantitative estimate of drug-likeness (QED) is 0.600. The molecule has 0 aromatic heterocycles. The van der Waals surface area contributed by atoms with E-state index in [4.69, 9.17) is 11.6 Å². The molecule has 1 saturated carbocycles. The van der Waals surface area contributed by atoms with Crippen LogP contribution in [0, 0.1) is 23.7 Å². The average Bonchev–Trinajstić information content (AvgIpc) is 2.16. The van der Waals surface area contributed by atoms with Crippen molar-refractivity contribution in [1.29, 1.82) is 0 Å². The molecule has 1 fully saturated rings. The van der Waals surface area contributed by atoms with Crippen molar-refractivity contribution in [2.45, 2.75) is 58.8 Å². The lowest BCUT2D eigenvalue weighted by Gasteiger charge is -2.39. The maximum absolute atomic E-state index is 6.45. The standard InChI is InChI=1S/C13H25Cl/c1-5-13(14)12-8-10(4)6-7-11(12)9(2)3/h9-13H,5-8H2,1-4H3. The third-order valence-corrected chi connectivity index (χ3v) is 4.56. The van der Waals surface area contributed by atoms with Crippen molar-refractivity contribution < 1.29 is 0 Å². The Kier molecular flexibility index (Phi) is 4.76. The van der Waals surface area contributed by atoms with E-state index in [1.54, 1.807) is 0 Å². The van der Waals surface area contributed by atoms with E-state index in [-0.39, 0.29) is 0 Å². The second kappa shape index (κ2) is 5.39. The van der Waals surface area contributed by atoms with Gasteiger partial charge >= 0.3 is 0 Å². The SMILES string of the molecule is CCC(Cl)C1CC(C)CCC1C(C)C. The van der Waals surface area contributed by atoms with Crippen LogP contribution in [0.4, 0.5) is 0 Å². The molecule has 0 spiro atoms. The molecule has 0 aromatic carbocycles. The summed E-state index contributed by atoms with van der Waals surface area (Å²) in [6.07, 6.45) is 5.28. The largest absolute Gasteiger partial charge is 0.123 e. The molecule has 0 N–H and O–H groups in total. The van der Waals surface area contributed by atoms with Crippen molar-refractivity contribution in [3.8, 4) is 0 Å². The number of halogens is 1. The Hall–Kier alpha value is 0.290. The van der Waals surface area contributed by atoms with Gasteiger partial charge < -0.3 is 0 Å². The molecule has 0 nitrogen and oxygen atoms in total. The van der Waals surface area contributed by atoms with E-state index >= 15 is 0 Å². The highest BCUT2D eigenvalue weighted by molar-refractivity contribution is 6.20. The first-order chi connectivity index (χ1) is 6.56. The zero-order valence-corrected chi connectivity index (χ0v) is 10.8. The van der Waals surface area contributed by atoms with Gasteiger partial charge in [0.15, 0.2) is 0 Å². The van der Waals surface area contributed by atoms with E-state index in [0.29, 0.717) is 5.38 Å². The summed E-state index contributed by atoms with van der Waals surface area (Å²) in [5.74, 6) is 3.34. The zero-order valence-electron chi connectivity index (χ0n) is 10.1. The summed E-state index contributed by atoms with van der Waals surface area (Å²) >= 11 is 6.45. The average molecular weight is 217 g/mol. The van der Waals surface area contributed by atoms with E-state index in [1.165, 1.54) is 19.3 Å². The van der Waals surface area contributed by atoms with Crippen LogP contribution in [-0.4, -0.2) is 5.38 Å². The van der Waals surface area contributed by atoms with E-state index in [1.807, 2.05) is 0 Å². The molecule has 0 aliphatic heterocycles. The Labute approximate surface area is 94.4 Å². The van der Waals surface area contributed by atoms with Gasteiger partial charge in [-0.05, 0) is 42.9 Å². The first-order valence-electron chi connectivity index (χ1n) is 6.20. The maximum atomic E-state index is 6.45. The topological polar surface area (TPSA) is 0 Å². The van der Waals surface area contributed by atoms with Crippen molar-refractivity contribution in [2.75, 3.05) is 0 Å². The third kappa shape index (κ3) is 2.89. The van der Waals surface area contributed by atoms with Gasteiger partial charge in [-0.15, -0.1) is 11.6 Å². The number of alkyl halides is 1. The van der Waals surface area contributed by atoms with Crippen molar-refractivity contribution in [2.24, 2.45) is 23.7 Å². The molecule has 1 heteroatoms. The summed E-state index contributed by atoms with van der Waals surface area (Å²) < 4.78 is 0. The molecular weight excluding hydrogens is 192 g/mol.